The standard InChI is InChI=1S/C14H23FN2O2S/c1-6-7-17(9(2)3)20(18,19)14-10(4)8-12(15)13(16)11(14)5/h8-9H,6-7,16H2,1-5H3. The second kappa shape index (κ2) is 6.10. The summed E-state index contributed by atoms with van der Waals surface area (Å²) in [6, 6.07) is 1.02. The maximum Gasteiger partial charge on any atom is 0.243 e. The molecule has 4 nitrogen and oxygen atoms in total. The van der Waals surface area contributed by atoms with Crippen molar-refractivity contribution in [2.75, 3.05) is 12.3 Å². The van der Waals surface area contributed by atoms with Gasteiger partial charge in [0.15, 0.2) is 0 Å². The Kier molecular flexibility index (Phi) is 5.15. The molecule has 6 heteroatoms. The molecule has 1 aromatic rings. The highest BCUT2D eigenvalue weighted by Crippen LogP contribution is 2.30. The number of sulfonamides is 1. The zero-order chi connectivity index (χ0) is 15.7. The third-order valence-corrected chi connectivity index (χ3v) is 5.66. The van der Waals surface area contributed by atoms with Crippen molar-refractivity contribution in [1.29, 1.82) is 0 Å². The minimum atomic E-state index is -3.68. The highest BCUT2D eigenvalue weighted by atomic mass is 32.2. The largest absolute Gasteiger partial charge is 0.396 e. The lowest BCUT2D eigenvalue weighted by Gasteiger charge is -2.27. The Morgan fingerprint density at radius 3 is 2.35 bits per heavy atom. The van der Waals surface area contributed by atoms with E-state index >= 15 is 0 Å². The van der Waals surface area contributed by atoms with Gasteiger partial charge < -0.3 is 5.73 Å². The first kappa shape index (κ1) is 16.9. The van der Waals surface area contributed by atoms with E-state index in [-0.39, 0.29) is 22.2 Å². The van der Waals surface area contributed by atoms with E-state index in [1.807, 2.05) is 20.8 Å². The molecule has 0 fully saturated rings. The number of nitrogens with zero attached hydrogens (tertiary/aromatic N) is 1. The molecule has 0 aromatic heterocycles. The molecule has 0 saturated carbocycles. The molecule has 0 spiro atoms. The van der Waals surface area contributed by atoms with Gasteiger partial charge in [0.25, 0.3) is 0 Å². The maximum absolute atomic E-state index is 13.6. The van der Waals surface area contributed by atoms with E-state index in [0.29, 0.717) is 18.5 Å². The first-order valence-corrected chi connectivity index (χ1v) is 8.15. The Bertz CT molecular complexity index is 598. The van der Waals surface area contributed by atoms with Crippen LogP contribution in [0.5, 0.6) is 0 Å². The van der Waals surface area contributed by atoms with Gasteiger partial charge in [-0.2, -0.15) is 4.31 Å². The molecule has 0 radical (unpaired) electrons. The molecule has 0 aliphatic carbocycles. The zero-order valence-electron chi connectivity index (χ0n) is 12.7. The van der Waals surface area contributed by atoms with Crippen LogP contribution < -0.4 is 5.73 Å². The molecule has 0 heterocycles. The molecule has 114 valence electrons. The number of hydrogen-bond acceptors (Lipinski definition) is 3. The van der Waals surface area contributed by atoms with E-state index in [2.05, 4.69) is 0 Å². The second-order valence-electron chi connectivity index (χ2n) is 5.25. The average Bonchev–Trinajstić information content (AvgIpc) is 2.32. The van der Waals surface area contributed by atoms with Crippen molar-refractivity contribution in [2.45, 2.75) is 52.0 Å². The molecule has 0 bridgehead atoms. The highest BCUT2D eigenvalue weighted by Gasteiger charge is 2.30. The number of anilines is 1. The van der Waals surface area contributed by atoms with Crippen LogP contribution in [0.25, 0.3) is 0 Å². The number of nitrogen functional groups attached to an aromatic ring is 1. The van der Waals surface area contributed by atoms with Gasteiger partial charge in [0.1, 0.15) is 5.82 Å². The van der Waals surface area contributed by atoms with Crippen molar-refractivity contribution >= 4 is 15.7 Å². The Balaban J connectivity index is 3.54. The van der Waals surface area contributed by atoms with Gasteiger partial charge in [0, 0.05) is 12.6 Å². The van der Waals surface area contributed by atoms with Crippen molar-refractivity contribution in [2.24, 2.45) is 0 Å². The number of benzene rings is 1. The maximum atomic E-state index is 13.6. The SMILES string of the molecule is CCCN(C(C)C)S(=O)(=O)c1c(C)cc(F)c(N)c1C. The van der Waals surface area contributed by atoms with Gasteiger partial charge in [0.05, 0.1) is 10.6 Å². The van der Waals surface area contributed by atoms with Gasteiger partial charge in [-0.1, -0.05) is 6.92 Å². The quantitative estimate of drug-likeness (QED) is 0.851. The minimum absolute atomic E-state index is 0.102. The number of aryl methyl sites for hydroxylation is 1. The highest BCUT2D eigenvalue weighted by molar-refractivity contribution is 7.89. The van der Waals surface area contributed by atoms with Gasteiger partial charge in [0.2, 0.25) is 10.0 Å². The van der Waals surface area contributed by atoms with Crippen molar-refractivity contribution < 1.29 is 12.8 Å². The van der Waals surface area contributed by atoms with E-state index in [1.165, 1.54) is 10.4 Å². The summed E-state index contributed by atoms with van der Waals surface area (Å²) in [5.74, 6) is -0.578. The predicted molar refractivity (Wildman–Crippen MR) is 79.6 cm³/mol. The smallest absolute Gasteiger partial charge is 0.243 e. The van der Waals surface area contributed by atoms with Crippen LogP contribution in [-0.4, -0.2) is 25.3 Å². The number of halogens is 1. The van der Waals surface area contributed by atoms with Crippen molar-refractivity contribution in [3.8, 4) is 0 Å². The van der Waals surface area contributed by atoms with E-state index < -0.39 is 15.8 Å². The lowest BCUT2D eigenvalue weighted by atomic mass is 10.1. The molecule has 0 unspecified atom stereocenters. The fraction of sp³-hybridized carbons (Fsp3) is 0.571. The Labute approximate surface area is 120 Å². The summed E-state index contributed by atoms with van der Waals surface area (Å²) < 4.78 is 40.6. The molecule has 1 aromatic carbocycles. The second-order valence-corrected chi connectivity index (χ2v) is 7.08. The topological polar surface area (TPSA) is 63.4 Å². The molecule has 1 rings (SSSR count). The van der Waals surface area contributed by atoms with Crippen LogP contribution in [0.3, 0.4) is 0 Å². The summed E-state index contributed by atoms with van der Waals surface area (Å²) >= 11 is 0. The number of rotatable bonds is 5. The lowest BCUT2D eigenvalue weighted by molar-refractivity contribution is 0.353. The molecule has 0 amide bonds. The summed E-state index contributed by atoms with van der Waals surface area (Å²) in [7, 11) is -3.68. The van der Waals surface area contributed by atoms with Crippen LogP contribution in [0, 0.1) is 19.7 Å². The molecule has 2 N–H and O–H groups in total. The zero-order valence-corrected chi connectivity index (χ0v) is 13.5. The fourth-order valence-corrected chi connectivity index (χ4v) is 4.50. The van der Waals surface area contributed by atoms with E-state index in [4.69, 9.17) is 5.73 Å². The molecular weight excluding hydrogens is 279 g/mol. The molecule has 0 aliphatic heterocycles. The normalized spacial score (nSPS) is 12.4. The first-order chi connectivity index (χ1) is 9.14. The van der Waals surface area contributed by atoms with E-state index in [0.717, 1.165) is 0 Å². The van der Waals surface area contributed by atoms with Gasteiger partial charge in [-0.05, 0) is 51.3 Å². The monoisotopic (exact) mass is 302 g/mol. The number of hydrogen-bond donors (Lipinski definition) is 1. The van der Waals surface area contributed by atoms with Crippen LogP contribution in [0.15, 0.2) is 11.0 Å². The van der Waals surface area contributed by atoms with Gasteiger partial charge in [-0.3, -0.25) is 0 Å². The third-order valence-electron chi connectivity index (χ3n) is 3.29. The summed E-state index contributed by atoms with van der Waals surface area (Å²) in [6.45, 7) is 9.13. The average molecular weight is 302 g/mol. The van der Waals surface area contributed by atoms with Gasteiger partial charge in [-0.25, -0.2) is 12.8 Å². The molecular formula is C14H23FN2O2S. The van der Waals surface area contributed by atoms with E-state index in [1.54, 1.807) is 13.8 Å². The summed E-state index contributed by atoms with van der Waals surface area (Å²) in [5.41, 5.74) is 6.20. The molecule has 0 atom stereocenters. The predicted octanol–water partition coefficient (Wildman–Crippen LogP) is 2.83. The van der Waals surface area contributed by atoms with Crippen LogP contribution in [0.4, 0.5) is 10.1 Å². The summed E-state index contributed by atoms with van der Waals surface area (Å²) in [5, 5.41) is 0. The molecule has 20 heavy (non-hydrogen) atoms. The van der Waals surface area contributed by atoms with Crippen molar-refractivity contribution in [1.82, 2.24) is 4.31 Å². The third kappa shape index (κ3) is 2.96. The van der Waals surface area contributed by atoms with Crippen LogP contribution >= 0.6 is 0 Å². The number of nitrogens with two attached hydrogens (primary N) is 1. The summed E-state index contributed by atoms with van der Waals surface area (Å²) in [6.07, 6.45) is 0.714. The van der Waals surface area contributed by atoms with Crippen LogP contribution in [0.2, 0.25) is 0 Å². The first-order valence-electron chi connectivity index (χ1n) is 6.71. The van der Waals surface area contributed by atoms with Gasteiger partial charge >= 0.3 is 0 Å². The summed E-state index contributed by atoms with van der Waals surface area (Å²) in [4.78, 5) is 0.124. The van der Waals surface area contributed by atoms with Crippen molar-refractivity contribution in [3.63, 3.8) is 0 Å². The minimum Gasteiger partial charge on any atom is -0.396 e. The Hall–Kier alpha value is -1.14. The molecule has 0 aliphatic rings. The lowest BCUT2D eigenvalue weighted by Crippen LogP contribution is -2.38. The Morgan fingerprint density at radius 2 is 1.90 bits per heavy atom. The molecule has 0 saturated heterocycles. The fourth-order valence-electron chi connectivity index (χ4n) is 2.32. The van der Waals surface area contributed by atoms with E-state index in [9.17, 15) is 12.8 Å². The van der Waals surface area contributed by atoms with Crippen LogP contribution in [-0.2, 0) is 10.0 Å². The van der Waals surface area contributed by atoms with Crippen molar-refractivity contribution in [3.05, 3.63) is 23.0 Å². The van der Waals surface area contributed by atoms with Crippen LogP contribution in [0.1, 0.15) is 38.3 Å². The Morgan fingerprint density at radius 1 is 1.35 bits per heavy atom. The van der Waals surface area contributed by atoms with Gasteiger partial charge in [-0.15, -0.1) is 0 Å².